The van der Waals surface area contributed by atoms with Crippen LogP contribution >= 0.6 is 0 Å². The van der Waals surface area contributed by atoms with Crippen LogP contribution in [0.15, 0.2) is 24.3 Å². The van der Waals surface area contributed by atoms with Crippen molar-refractivity contribution in [3.8, 4) is 0 Å². The highest BCUT2D eigenvalue weighted by Gasteiger charge is 2.33. The summed E-state index contributed by atoms with van der Waals surface area (Å²) in [6.07, 6.45) is 5.46. The number of aliphatic hydroxyl groups excluding tert-OH is 1. The van der Waals surface area contributed by atoms with Gasteiger partial charge in [0.2, 0.25) is 0 Å². The maximum absolute atomic E-state index is 10.3. The minimum Gasteiger partial charge on any atom is -0.391 e. The predicted molar refractivity (Wildman–Crippen MR) is 78.5 cm³/mol. The zero-order valence-corrected chi connectivity index (χ0v) is 11.7. The van der Waals surface area contributed by atoms with E-state index in [1.165, 1.54) is 24.1 Å². The van der Waals surface area contributed by atoms with Crippen LogP contribution in [0.5, 0.6) is 0 Å². The summed E-state index contributed by atoms with van der Waals surface area (Å²) in [5.74, 6) is 0. The fourth-order valence-corrected chi connectivity index (χ4v) is 3.69. The minimum absolute atomic E-state index is 0.159. The van der Waals surface area contributed by atoms with Crippen molar-refractivity contribution in [2.24, 2.45) is 0 Å². The molecule has 2 aliphatic rings. The Hall–Kier alpha value is -1.06. The van der Waals surface area contributed by atoms with E-state index in [0.29, 0.717) is 12.1 Å². The normalized spacial score (nSPS) is 31.1. The number of benzene rings is 1. The summed E-state index contributed by atoms with van der Waals surface area (Å²) in [6.45, 7) is 1.05. The van der Waals surface area contributed by atoms with Gasteiger partial charge in [0, 0.05) is 18.3 Å². The van der Waals surface area contributed by atoms with Gasteiger partial charge in [-0.15, -0.1) is 0 Å². The third-order valence-corrected chi connectivity index (χ3v) is 4.72. The Labute approximate surface area is 115 Å². The average Bonchev–Trinajstić information content (AvgIpc) is 2.47. The molecule has 0 bridgehead atoms. The standard InChI is InChI=1S/C16H24N2O/c1-17-13-10-11-18(14-7-3-2-6-12(13)14)15-8-4-5-9-16(15)19/h2-3,6-7,13,15-17,19H,4-5,8-11H2,1H3. The lowest BCUT2D eigenvalue weighted by Gasteiger charge is -2.44. The van der Waals surface area contributed by atoms with Crippen LogP contribution < -0.4 is 10.2 Å². The molecule has 19 heavy (non-hydrogen) atoms. The minimum atomic E-state index is -0.159. The van der Waals surface area contributed by atoms with Crippen molar-refractivity contribution < 1.29 is 5.11 Å². The summed E-state index contributed by atoms with van der Waals surface area (Å²) in [4.78, 5) is 2.45. The highest BCUT2D eigenvalue weighted by Crippen LogP contribution is 2.37. The molecule has 3 nitrogen and oxygen atoms in total. The number of hydrogen-bond donors (Lipinski definition) is 2. The first kappa shape index (κ1) is 12.9. The quantitative estimate of drug-likeness (QED) is 0.857. The van der Waals surface area contributed by atoms with Crippen LogP contribution in [-0.4, -0.2) is 30.8 Å². The Morgan fingerprint density at radius 1 is 1.16 bits per heavy atom. The molecule has 1 aliphatic carbocycles. The zero-order valence-electron chi connectivity index (χ0n) is 11.7. The van der Waals surface area contributed by atoms with Gasteiger partial charge in [-0.1, -0.05) is 31.0 Å². The third kappa shape index (κ3) is 2.37. The van der Waals surface area contributed by atoms with E-state index in [1.807, 2.05) is 7.05 Å². The monoisotopic (exact) mass is 260 g/mol. The molecule has 3 rings (SSSR count). The number of rotatable bonds is 2. The molecule has 1 fully saturated rings. The van der Waals surface area contributed by atoms with Gasteiger partial charge in [0.1, 0.15) is 0 Å². The van der Waals surface area contributed by atoms with E-state index < -0.39 is 0 Å². The molecule has 1 aromatic carbocycles. The van der Waals surface area contributed by atoms with Crippen molar-refractivity contribution in [2.75, 3.05) is 18.5 Å². The van der Waals surface area contributed by atoms with Crippen LogP contribution in [0.1, 0.15) is 43.7 Å². The molecule has 2 N–H and O–H groups in total. The Morgan fingerprint density at radius 2 is 1.95 bits per heavy atom. The van der Waals surface area contributed by atoms with Crippen molar-refractivity contribution in [2.45, 2.75) is 50.3 Å². The van der Waals surface area contributed by atoms with Crippen molar-refractivity contribution in [1.82, 2.24) is 5.32 Å². The number of para-hydroxylation sites is 1. The lowest BCUT2D eigenvalue weighted by molar-refractivity contribution is 0.103. The second kappa shape index (κ2) is 5.51. The summed E-state index contributed by atoms with van der Waals surface area (Å²) in [5, 5.41) is 13.7. The number of aliphatic hydroxyl groups is 1. The van der Waals surface area contributed by atoms with Gasteiger partial charge in [-0.05, 0) is 37.9 Å². The topological polar surface area (TPSA) is 35.5 Å². The Balaban J connectivity index is 1.91. The third-order valence-electron chi connectivity index (χ3n) is 4.72. The molecule has 1 aromatic rings. The number of nitrogens with zero attached hydrogens (tertiary/aromatic N) is 1. The molecule has 3 heteroatoms. The molecule has 0 amide bonds. The molecule has 1 aliphatic heterocycles. The van der Waals surface area contributed by atoms with Crippen molar-refractivity contribution in [1.29, 1.82) is 0 Å². The zero-order chi connectivity index (χ0) is 13.2. The molecular weight excluding hydrogens is 236 g/mol. The van der Waals surface area contributed by atoms with Gasteiger partial charge in [0.15, 0.2) is 0 Å². The highest BCUT2D eigenvalue weighted by molar-refractivity contribution is 5.58. The lowest BCUT2D eigenvalue weighted by atomic mass is 9.88. The smallest absolute Gasteiger partial charge is 0.0743 e. The molecular formula is C16H24N2O. The van der Waals surface area contributed by atoms with Crippen LogP contribution in [0, 0.1) is 0 Å². The van der Waals surface area contributed by atoms with Gasteiger partial charge in [0.25, 0.3) is 0 Å². The number of nitrogens with one attached hydrogen (secondary N) is 1. The van der Waals surface area contributed by atoms with Crippen LogP contribution in [0.4, 0.5) is 5.69 Å². The maximum atomic E-state index is 10.3. The summed E-state index contributed by atoms with van der Waals surface area (Å²) < 4.78 is 0. The number of hydrogen-bond acceptors (Lipinski definition) is 3. The number of anilines is 1. The summed E-state index contributed by atoms with van der Waals surface area (Å²) in [6, 6.07) is 9.42. The van der Waals surface area contributed by atoms with Crippen molar-refractivity contribution in [3.05, 3.63) is 29.8 Å². The second-order valence-electron chi connectivity index (χ2n) is 5.80. The van der Waals surface area contributed by atoms with Crippen molar-refractivity contribution in [3.63, 3.8) is 0 Å². The summed E-state index contributed by atoms with van der Waals surface area (Å²) in [7, 11) is 2.03. The van der Waals surface area contributed by atoms with E-state index in [1.54, 1.807) is 0 Å². The van der Waals surface area contributed by atoms with Gasteiger partial charge >= 0.3 is 0 Å². The molecule has 104 valence electrons. The molecule has 1 saturated carbocycles. The van der Waals surface area contributed by atoms with Crippen molar-refractivity contribution >= 4 is 5.69 Å². The maximum Gasteiger partial charge on any atom is 0.0743 e. The first-order valence-corrected chi connectivity index (χ1v) is 7.52. The Bertz CT molecular complexity index is 435. The summed E-state index contributed by atoms with van der Waals surface area (Å²) >= 11 is 0. The van der Waals surface area contributed by atoms with Crippen LogP contribution in [0.3, 0.4) is 0 Å². The predicted octanol–water partition coefficient (Wildman–Crippen LogP) is 2.46. The largest absolute Gasteiger partial charge is 0.391 e. The molecule has 0 spiro atoms. The van der Waals surface area contributed by atoms with E-state index in [9.17, 15) is 5.11 Å². The van der Waals surface area contributed by atoms with Gasteiger partial charge < -0.3 is 15.3 Å². The Kier molecular flexibility index (Phi) is 3.76. The molecule has 3 unspecified atom stereocenters. The fourth-order valence-electron chi connectivity index (χ4n) is 3.69. The molecule has 0 aromatic heterocycles. The molecule has 0 radical (unpaired) electrons. The summed E-state index contributed by atoms with van der Waals surface area (Å²) in [5.41, 5.74) is 2.70. The second-order valence-corrected chi connectivity index (χ2v) is 5.80. The molecule has 0 saturated heterocycles. The fraction of sp³-hybridized carbons (Fsp3) is 0.625. The molecule has 3 atom stereocenters. The van der Waals surface area contributed by atoms with Crippen LogP contribution in [0.2, 0.25) is 0 Å². The average molecular weight is 260 g/mol. The van der Waals surface area contributed by atoms with E-state index in [0.717, 1.165) is 25.8 Å². The van der Waals surface area contributed by atoms with Gasteiger partial charge in [0.05, 0.1) is 12.1 Å². The first-order chi connectivity index (χ1) is 9.31. The van der Waals surface area contributed by atoms with Gasteiger partial charge in [-0.25, -0.2) is 0 Å². The lowest BCUT2D eigenvalue weighted by Crippen LogP contribution is -2.49. The van der Waals surface area contributed by atoms with E-state index in [4.69, 9.17) is 0 Å². The van der Waals surface area contributed by atoms with E-state index in [2.05, 4.69) is 34.5 Å². The number of fused-ring (bicyclic) bond motifs is 1. The van der Waals surface area contributed by atoms with Crippen LogP contribution in [0.25, 0.3) is 0 Å². The van der Waals surface area contributed by atoms with E-state index >= 15 is 0 Å². The highest BCUT2D eigenvalue weighted by atomic mass is 16.3. The SMILES string of the molecule is CNC1CCN(C2CCCCC2O)c2ccccc21. The van der Waals surface area contributed by atoms with E-state index in [-0.39, 0.29) is 6.10 Å². The molecule has 1 heterocycles. The Morgan fingerprint density at radius 3 is 2.74 bits per heavy atom. The van der Waals surface area contributed by atoms with Gasteiger partial charge in [-0.2, -0.15) is 0 Å². The van der Waals surface area contributed by atoms with Crippen LogP contribution in [-0.2, 0) is 0 Å². The first-order valence-electron chi connectivity index (χ1n) is 7.52. The van der Waals surface area contributed by atoms with Gasteiger partial charge in [-0.3, -0.25) is 0 Å².